The molecule has 26 heavy (non-hydrogen) atoms. The number of carbonyl (C=O) groups is 1. The number of nitrogens with zero attached hydrogens (tertiary/aromatic N) is 2. The third-order valence-electron chi connectivity index (χ3n) is 4.91. The van der Waals surface area contributed by atoms with Gasteiger partial charge in [0.1, 0.15) is 5.75 Å². The summed E-state index contributed by atoms with van der Waals surface area (Å²) in [6.07, 6.45) is 3.46. The van der Waals surface area contributed by atoms with E-state index in [1.807, 2.05) is 11.8 Å². The maximum Gasteiger partial charge on any atom is 0.243 e. The number of hydrogen-bond donors (Lipinski definition) is 0. The first-order valence-electron chi connectivity index (χ1n) is 9.37. The van der Waals surface area contributed by atoms with Crippen molar-refractivity contribution in [3.05, 3.63) is 24.3 Å². The molecule has 1 aromatic rings. The molecule has 0 aromatic heterocycles. The normalized spacial score (nSPS) is 18.5. The van der Waals surface area contributed by atoms with Crippen LogP contribution in [0.25, 0.3) is 0 Å². The Morgan fingerprint density at radius 1 is 1.27 bits per heavy atom. The van der Waals surface area contributed by atoms with Gasteiger partial charge in [-0.25, -0.2) is 8.42 Å². The van der Waals surface area contributed by atoms with Gasteiger partial charge in [0.25, 0.3) is 0 Å². The molecule has 1 aliphatic heterocycles. The van der Waals surface area contributed by atoms with Crippen LogP contribution in [-0.2, 0) is 14.8 Å². The average molecular weight is 383 g/mol. The first-order chi connectivity index (χ1) is 12.4. The van der Waals surface area contributed by atoms with E-state index in [4.69, 9.17) is 4.74 Å². The highest BCUT2D eigenvalue weighted by Crippen LogP contribution is 2.26. The molecule has 1 saturated heterocycles. The van der Waals surface area contributed by atoms with E-state index in [0.717, 1.165) is 25.8 Å². The van der Waals surface area contributed by atoms with Crippen LogP contribution in [0.2, 0.25) is 0 Å². The zero-order valence-electron chi connectivity index (χ0n) is 16.0. The maximum atomic E-state index is 12.9. The maximum absolute atomic E-state index is 12.9. The van der Waals surface area contributed by atoms with E-state index in [1.54, 1.807) is 31.4 Å². The molecule has 2 rings (SSSR count). The molecule has 1 aromatic carbocycles. The van der Waals surface area contributed by atoms with Crippen molar-refractivity contribution in [2.24, 2.45) is 5.92 Å². The van der Waals surface area contributed by atoms with E-state index >= 15 is 0 Å². The van der Waals surface area contributed by atoms with Crippen LogP contribution in [0, 0.1) is 5.92 Å². The number of amides is 1. The van der Waals surface area contributed by atoms with Gasteiger partial charge < -0.3 is 9.64 Å². The predicted molar refractivity (Wildman–Crippen MR) is 102 cm³/mol. The molecule has 0 bridgehead atoms. The van der Waals surface area contributed by atoms with Gasteiger partial charge in [0.15, 0.2) is 0 Å². The van der Waals surface area contributed by atoms with Crippen LogP contribution < -0.4 is 4.74 Å². The van der Waals surface area contributed by atoms with Gasteiger partial charge >= 0.3 is 0 Å². The minimum Gasteiger partial charge on any atom is -0.497 e. The summed E-state index contributed by atoms with van der Waals surface area (Å²) in [5.74, 6) is 0.439. The molecular weight excluding hydrogens is 352 g/mol. The molecule has 1 heterocycles. The number of methoxy groups -OCH3 is 1. The summed E-state index contributed by atoms with van der Waals surface area (Å²) in [7, 11) is -2.05. The van der Waals surface area contributed by atoms with Crippen molar-refractivity contribution in [2.45, 2.75) is 44.4 Å². The van der Waals surface area contributed by atoms with Crippen molar-refractivity contribution in [3.8, 4) is 5.75 Å². The molecule has 1 aliphatic rings. The SMILES string of the molecule is CCCCN(CC)C(=O)C1CCCN(S(=O)(=O)c2ccc(OC)cc2)C1. The van der Waals surface area contributed by atoms with Gasteiger partial charge in [0, 0.05) is 26.2 Å². The van der Waals surface area contributed by atoms with Crippen molar-refractivity contribution in [3.63, 3.8) is 0 Å². The van der Waals surface area contributed by atoms with Crippen LogP contribution in [0.1, 0.15) is 39.5 Å². The Hall–Kier alpha value is -1.60. The Morgan fingerprint density at radius 3 is 2.54 bits per heavy atom. The van der Waals surface area contributed by atoms with Gasteiger partial charge in [-0.05, 0) is 50.5 Å². The molecule has 1 fully saturated rings. The van der Waals surface area contributed by atoms with Crippen molar-refractivity contribution in [1.29, 1.82) is 0 Å². The Bertz CT molecular complexity index is 688. The molecule has 1 amide bonds. The fourth-order valence-corrected chi connectivity index (χ4v) is 4.81. The van der Waals surface area contributed by atoms with E-state index in [1.165, 1.54) is 4.31 Å². The number of benzene rings is 1. The lowest BCUT2D eigenvalue weighted by Gasteiger charge is -2.34. The first kappa shape index (κ1) is 20.7. The minimum atomic E-state index is -3.60. The number of rotatable bonds is 8. The van der Waals surface area contributed by atoms with Crippen molar-refractivity contribution >= 4 is 15.9 Å². The molecule has 0 saturated carbocycles. The van der Waals surface area contributed by atoms with E-state index in [9.17, 15) is 13.2 Å². The Labute approximate surface area is 157 Å². The largest absolute Gasteiger partial charge is 0.497 e. The monoisotopic (exact) mass is 382 g/mol. The zero-order valence-corrected chi connectivity index (χ0v) is 16.8. The van der Waals surface area contributed by atoms with Crippen molar-refractivity contribution in [1.82, 2.24) is 9.21 Å². The Balaban J connectivity index is 2.11. The van der Waals surface area contributed by atoms with Crippen molar-refractivity contribution in [2.75, 3.05) is 33.3 Å². The number of ether oxygens (including phenoxy) is 1. The molecule has 0 radical (unpaired) electrons. The van der Waals surface area contributed by atoms with Crippen LogP contribution in [-0.4, -0.2) is 56.8 Å². The second-order valence-corrected chi connectivity index (χ2v) is 8.59. The summed E-state index contributed by atoms with van der Waals surface area (Å²) in [6, 6.07) is 6.39. The van der Waals surface area contributed by atoms with E-state index in [0.29, 0.717) is 25.3 Å². The lowest BCUT2D eigenvalue weighted by atomic mass is 9.98. The van der Waals surface area contributed by atoms with E-state index in [2.05, 4.69) is 6.92 Å². The van der Waals surface area contributed by atoms with Crippen LogP contribution in [0.3, 0.4) is 0 Å². The lowest BCUT2D eigenvalue weighted by Crippen LogP contribution is -2.46. The molecule has 7 heteroatoms. The fourth-order valence-electron chi connectivity index (χ4n) is 3.29. The second-order valence-electron chi connectivity index (χ2n) is 6.65. The molecule has 0 aliphatic carbocycles. The fraction of sp³-hybridized carbons (Fsp3) is 0.632. The lowest BCUT2D eigenvalue weighted by molar-refractivity contribution is -0.136. The molecule has 6 nitrogen and oxygen atoms in total. The highest BCUT2D eigenvalue weighted by molar-refractivity contribution is 7.89. The van der Waals surface area contributed by atoms with Crippen LogP contribution in [0.5, 0.6) is 5.75 Å². The molecule has 0 spiro atoms. The summed E-state index contributed by atoms with van der Waals surface area (Å²) in [5, 5.41) is 0. The highest BCUT2D eigenvalue weighted by Gasteiger charge is 2.34. The third-order valence-corrected chi connectivity index (χ3v) is 6.78. The summed E-state index contributed by atoms with van der Waals surface area (Å²) < 4.78 is 32.4. The van der Waals surface area contributed by atoms with Crippen LogP contribution in [0.15, 0.2) is 29.2 Å². The molecule has 1 unspecified atom stereocenters. The molecule has 146 valence electrons. The number of unbranched alkanes of at least 4 members (excludes halogenated alkanes) is 1. The Morgan fingerprint density at radius 2 is 1.96 bits per heavy atom. The van der Waals surface area contributed by atoms with Crippen molar-refractivity contribution < 1.29 is 17.9 Å². The van der Waals surface area contributed by atoms with Gasteiger partial charge in [-0.2, -0.15) is 4.31 Å². The average Bonchev–Trinajstić information content (AvgIpc) is 2.68. The van der Waals surface area contributed by atoms with Crippen LogP contribution >= 0.6 is 0 Å². The summed E-state index contributed by atoms with van der Waals surface area (Å²) in [4.78, 5) is 14.9. The summed E-state index contributed by atoms with van der Waals surface area (Å²) in [5.41, 5.74) is 0. The second kappa shape index (κ2) is 9.37. The smallest absolute Gasteiger partial charge is 0.243 e. The van der Waals surface area contributed by atoms with E-state index < -0.39 is 10.0 Å². The van der Waals surface area contributed by atoms with Gasteiger partial charge in [-0.1, -0.05) is 13.3 Å². The quantitative estimate of drug-likeness (QED) is 0.693. The van der Waals surface area contributed by atoms with Gasteiger partial charge in [-0.3, -0.25) is 4.79 Å². The summed E-state index contributed by atoms with van der Waals surface area (Å²) in [6.45, 7) is 6.20. The predicted octanol–water partition coefficient (Wildman–Crippen LogP) is 2.74. The highest BCUT2D eigenvalue weighted by atomic mass is 32.2. The number of sulfonamides is 1. The minimum absolute atomic E-state index is 0.0792. The Kier molecular flexibility index (Phi) is 7.46. The summed E-state index contributed by atoms with van der Waals surface area (Å²) >= 11 is 0. The number of hydrogen-bond acceptors (Lipinski definition) is 4. The van der Waals surface area contributed by atoms with Gasteiger partial charge in [-0.15, -0.1) is 0 Å². The number of piperidine rings is 1. The molecule has 1 atom stereocenters. The zero-order chi connectivity index (χ0) is 19.2. The van der Waals surface area contributed by atoms with Gasteiger partial charge in [0.2, 0.25) is 15.9 Å². The molecule has 0 N–H and O–H groups in total. The topological polar surface area (TPSA) is 66.9 Å². The van der Waals surface area contributed by atoms with Crippen LogP contribution in [0.4, 0.5) is 0 Å². The van der Waals surface area contributed by atoms with Gasteiger partial charge in [0.05, 0.1) is 17.9 Å². The first-order valence-corrected chi connectivity index (χ1v) is 10.8. The number of carbonyl (C=O) groups excluding carboxylic acids is 1. The third kappa shape index (κ3) is 4.76. The standard InChI is InChI=1S/C19H30N2O4S/c1-4-6-13-20(5-2)19(22)16-8-7-14-21(15-16)26(23,24)18-11-9-17(25-3)10-12-18/h9-12,16H,4-8,13-15H2,1-3H3. The van der Waals surface area contributed by atoms with E-state index in [-0.39, 0.29) is 23.3 Å². The molecular formula is C19H30N2O4S.